The van der Waals surface area contributed by atoms with E-state index < -0.39 is 0 Å². The van der Waals surface area contributed by atoms with Crippen LogP contribution >= 0.6 is 0 Å². The molecule has 0 fully saturated rings. The maximum Gasteiger partial charge on any atom is 0.0652 e. The van der Waals surface area contributed by atoms with Crippen LogP contribution in [0.5, 0.6) is 0 Å². The molecule has 0 radical (unpaired) electrons. The Morgan fingerprint density at radius 3 is 2.08 bits per heavy atom. The Labute approximate surface area is 83.1 Å². The molecule has 0 heterocycles. The van der Waals surface area contributed by atoms with Crippen molar-refractivity contribution < 1.29 is 0 Å². The molecule has 1 heteroatoms. The number of unbranched alkanes of at least 4 members (excludes halogenated alkanes) is 6. The van der Waals surface area contributed by atoms with Gasteiger partial charge in [0.25, 0.3) is 0 Å². The predicted octanol–water partition coefficient (Wildman–Crippen LogP) is 4.29. The summed E-state index contributed by atoms with van der Waals surface area (Å²) in [6.07, 6.45) is 10.5. The van der Waals surface area contributed by atoms with Crippen molar-refractivity contribution in [3.8, 4) is 6.07 Å². The van der Waals surface area contributed by atoms with Crippen molar-refractivity contribution >= 4 is 0 Å². The zero-order valence-electron chi connectivity index (χ0n) is 9.18. The van der Waals surface area contributed by atoms with Crippen LogP contribution in [0, 0.1) is 17.2 Å². The van der Waals surface area contributed by atoms with E-state index in [2.05, 4.69) is 13.0 Å². The molecule has 0 rings (SSSR count). The SMILES string of the molecule is CCCCCCCCCC(C)C#N. The van der Waals surface area contributed by atoms with Crippen molar-refractivity contribution in [1.29, 1.82) is 5.26 Å². The summed E-state index contributed by atoms with van der Waals surface area (Å²) in [6, 6.07) is 2.28. The van der Waals surface area contributed by atoms with E-state index in [-0.39, 0.29) is 5.92 Å². The van der Waals surface area contributed by atoms with Gasteiger partial charge < -0.3 is 0 Å². The number of hydrogen-bond donors (Lipinski definition) is 0. The van der Waals surface area contributed by atoms with Gasteiger partial charge in [-0.1, -0.05) is 51.9 Å². The van der Waals surface area contributed by atoms with Gasteiger partial charge in [-0.05, 0) is 13.3 Å². The topological polar surface area (TPSA) is 23.8 Å². The number of hydrogen-bond acceptors (Lipinski definition) is 1. The fourth-order valence-electron chi connectivity index (χ4n) is 1.47. The van der Waals surface area contributed by atoms with Gasteiger partial charge in [0.05, 0.1) is 6.07 Å². The fraction of sp³-hybridized carbons (Fsp3) is 0.917. The van der Waals surface area contributed by atoms with Crippen LogP contribution < -0.4 is 0 Å². The second-order valence-corrected chi connectivity index (χ2v) is 3.94. The van der Waals surface area contributed by atoms with Crippen molar-refractivity contribution in [1.82, 2.24) is 0 Å². The fourth-order valence-corrected chi connectivity index (χ4v) is 1.47. The lowest BCUT2D eigenvalue weighted by Gasteiger charge is -2.02. The van der Waals surface area contributed by atoms with Crippen molar-refractivity contribution in [2.75, 3.05) is 0 Å². The maximum absolute atomic E-state index is 8.56. The summed E-state index contributed by atoms with van der Waals surface area (Å²) < 4.78 is 0. The first-order chi connectivity index (χ1) is 6.31. The van der Waals surface area contributed by atoms with Crippen LogP contribution in [0.4, 0.5) is 0 Å². The third-order valence-corrected chi connectivity index (χ3v) is 2.46. The normalized spacial score (nSPS) is 12.4. The van der Waals surface area contributed by atoms with E-state index in [1.807, 2.05) is 6.92 Å². The first-order valence-corrected chi connectivity index (χ1v) is 5.70. The summed E-state index contributed by atoms with van der Waals surface area (Å²) in [4.78, 5) is 0. The van der Waals surface area contributed by atoms with E-state index in [9.17, 15) is 0 Å². The summed E-state index contributed by atoms with van der Waals surface area (Å²) >= 11 is 0. The molecule has 1 atom stereocenters. The molecule has 0 saturated carbocycles. The van der Waals surface area contributed by atoms with Gasteiger partial charge in [0.2, 0.25) is 0 Å². The Bertz CT molecular complexity index is 135. The average Bonchev–Trinajstić information content (AvgIpc) is 2.16. The number of rotatable bonds is 8. The van der Waals surface area contributed by atoms with Crippen molar-refractivity contribution in [2.45, 2.75) is 65.2 Å². The van der Waals surface area contributed by atoms with E-state index in [1.54, 1.807) is 0 Å². The standard InChI is InChI=1S/C12H23N/c1-3-4-5-6-7-8-9-10-12(2)11-13/h12H,3-10H2,1-2H3. The van der Waals surface area contributed by atoms with Crippen molar-refractivity contribution in [3.63, 3.8) is 0 Å². The monoisotopic (exact) mass is 181 g/mol. The molecule has 0 aliphatic carbocycles. The average molecular weight is 181 g/mol. The Morgan fingerprint density at radius 1 is 1.00 bits per heavy atom. The molecule has 0 aliphatic rings. The molecule has 76 valence electrons. The van der Waals surface area contributed by atoms with Crippen LogP contribution in [-0.4, -0.2) is 0 Å². The predicted molar refractivity (Wildman–Crippen MR) is 57.4 cm³/mol. The van der Waals surface area contributed by atoms with Gasteiger partial charge in [-0.25, -0.2) is 0 Å². The molecule has 0 spiro atoms. The third-order valence-electron chi connectivity index (χ3n) is 2.46. The molecule has 0 bridgehead atoms. The van der Waals surface area contributed by atoms with Crippen LogP contribution in [0.1, 0.15) is 65.2 Å². The molecular formula is C12H23N. The van der Waals surface area contributed by atoms with Gasteiger partial charge in [-0.2, -0.15) is 5.26 Å². The summed E-state index contributed by atoms with van der Waals surface area (Å²) in [6.45, 7) is 4.26. The van der Waals surface area contributed by atoms with Crippen LogP contribution in [0.2, 0.25) is 0 Å². The minimum Gasteiger partial charge on any atom is -0.198 e. The van der Waals surface area contributed by atoms with E-state index >= 15 is 0 Å². The largest absolute Gasteiger partial charge is 0.198 e. The molecular weight excluding hydrogens is 158 g/mol. The molecule has 0 aromatic carbocycles. The molecule has 13 heavy (non-hydrogen) atoms. The molecule has 0 aliphatic heterocycles. The van der Waals surface area contributed by atoms with Crippen molar-refractivity contribution in [2.24, 2.45) is 5.92 Å². The van der Waals surface area contributed by atoms with Crippen LogP contribution in [0.3, 0.4) is 0 Å². The first-order valence-electron chi connectivity index (χ1n) is 5.70. The second-order valence-electron chi connectivity index (χ2n) is 3.94. The quantitative estimate of drug-likeness (QED) is 0.512. The van der Waals surface area contributed by atoms with Crippen LogP contribution in [0.15, 0.2) is 0 Å². The summed E-state index contributed by atoms with van der Waals surface area (Å²) in [7, 11) is 0. The molecule has 1 nitrogen and oxygen atoms in total. The number of nitriles is 1. The molecule has 0 N–H and O–H groups in total. The lowest BCUT2D eigenvalue weighted by atomic mass is 10.0. The van der Waals surface area contributed by atoms with Gasteiger partial charge in [0.15, 0.2) is 0 Å². The Balaban J connectivity index is 2.96. The zero-order valence-corrected chi connectivity index (χ0v) is 9.18. The molecule has 0 amide bonds. The Hall–Kier alpha value is -0.510. The minimum absolute atomic E-state index is 0.260. The highest BCUT2D eigenvalue weighted by Gasteiger charge is 1.98. The summed E-state index contributed by atoms with van der Waals surface area (Å²) in [5.41, 5.74) is 0. The highest BCUT2D eigenvalue weighted by molar-refractivity contribution is 4.77. The maximum atomic E-state index is 8.56. The summed E-state index contributed by atoms with van der Waals surface area (Å²) in [5, 5.41) is 8.56. The highest BCUT2D eigenvalue weighted by atomic mass is 14.3. The van der Waals surface area contributed by atoms with Gasteiger partial charge in [-0.3, -0.25) is 0 Å². The molecule has 0 saturated heterocycles. The first kappa shape index (κ1) is 12.5. The van der Waals surface area contributed by atoms with Gasteiger partial charge in [0.1, 0.15) is 0 Å². The Morgan fingerprint density at radius 2 is 1.54 bits per heavy atom. The highest BCUT2D eigenvalue weighted by Crippen LogP contribution is 2.11. The van der Waals surface area contributed by atoms with E-state index in [0.717, 1.165) is 6.42 Å². The summed E-state index contributed by atoms with van der Waals surface area (Å²) in [5.74, 6) is 0.260. The lowest BCUT2D eigenvalue weighted by molar-refractivity contribution is 0.542. The van der Waals surface area contributed by atoms with Gasteiger partial charge >= 0.3 is 0 Å². The second kappa shape index (κ2) is 9.58. The third kappa shape index (κ3) is 9.40. The van der Waals surface area contributed by atoms with E-state index in [0.29, 0.717) is 0 Å². The molecule has 0 aromatic rings. The minimum atomic E-state index is 0.260. The molecule has 0 aromatic heterocycles. The van der Waals surface area contributed by atoms with E-state index in [1.165, 1.54) is 44.9 Å². The van der Waals surface area contributed by atoms with Crippen LogP contribution in [0.25, 0.3) is 0 Å². The zero-order chi connectivity index (χ0) is 9.94. The smallest absolute Gasteiger partial charge is 0.0652 e. The van der Waals surface area contributed by atoms with Gasteiger partial charge in [-0.15, -0.1) is 0 Å². The van der Waals surface area contributed by atoms with Crippen LogP contribution in [-0.2, 0) is 0 Å². The van der Waals surface area contributed by atoms with Crippen molar-refractivity contribution in [3.05, 3.63) is 0 Å². The molecule has 1 unspecified atom stereocenters. The Kier molecular flexibility index (Phi) is 9.20. The lowest BCUT2D eigenvalue weighted by Crippen LogP contribution is -1.89. The van der Waals surface area contributed by atoms with E-state index in [4.69, 9.17) is 5.26 Å². The number of nitrogens with zero attached hydrogens (tertiary/aromatic N) is 1. The van der Waals surface area contributed by atoms with Gasteiger partial charge in [0, 0.05) is 5.92 Å².